The molecule has 2 aromatic rings. The zero-order chi connectivity index (χ0) is 60.6. The first-order chi connectivity index (χ1) is 41.5. The van der Waals surface area contributed by atoms with E-state index in [0.29, 0.717) is 109 Å². The SMILES string of the molecule is CCCCCCCCOC(=O)c1c(OCCCCCCCC)c(OCCCCCCCC)c(OCCCCCCCC)c2c(OCCCCCCCC)c(OCCCCCCCC)c(OCCCCCCCC)c(OCCCCCCCC)c12. The van der Waals surface area contributed by atoms with Crippen LogP contribution in [0.15, 0.2) is 0 Å². The fourth-order valence-corrected chi connectivity index (χ4v) is 11.2. The molecule has 2 rings (SSSR count). The van der Waals surface area contributed by atoms with Crippen LogP contribution in [0.2, 0.25) is 0 Å². The van der Waals surface area contributed by atoms with E-state index in [9.17, 15) is 0 Å². The molecule has 0 spiro atoms. The van der Waals surface area contributed by atoms with Crippen LogP contribution in [0.3, 0.4) is 0 Å². The van der Waals surface area contributed by atoms with Crippen LogP contribution in [0.25, 0.3) is 10.8 Å². The Bertz CT molecular complexity index is 1790. The van der Waals surface area contributed by atoms with Crippen molar-refractivity contribution in [1.29, 1.82) is 0 Å². The van der Waals surface area contributed by atoms with Crippen LogP contribution in [-0.2, 0) is 4.74 Å². The van der Waals surface area contributed by atoms with Gasteiger partial charge >= 0.3 is 5.97 Å². The quantitative estimate of drug-likeness (QED) is 0.0474. The number of hydrogen-bond acceptors (Lipinski definition) is 9. The number of esters is 1. The molecule has 0 aromatic heterocycles. The monoisotopic (exact) mass is 1180 g/mol. The van der Waals surface area contributed by atoms with Crippen LogP contribution < -0.4 is 33.2 Å². The number of unbranched alkanes of at least 4 members (excludes halogenated alkanes) is 40. The third kappa shape index (κ3) is 34.9. The molecular weight excluding hydrogens is 1040 g/mol. The highest BCUT2D eigenvalue weighted by Gasteiger charge is 2.37. The zero-order valence-electron chi connectivity index (χ0n) is 56.8. The molecular formula is C75H136O9. The Morgan fingerprint density at radius 3 is 0.631 bits per heavy atom. The Hall–Kier alpha value is -3.23. The van der Waals surface area contributed by atoms with Crippen molar-refractivity contribution in [2.75, 3.05) is 52.9 Å². The third-order valence-corrected chi connectivity index (χ3v) is 16.6. The highest BCUT2D eigenvalue weighted by atomic mass is 16.6. The Balaban J connectivity index is 3.33. The lowest BCUT2D eigenvalue weighted by Crippen LogP contribution is -2.16. The summed E-state index contributed by atoms with van der Waals surface area (Å²) in [5.74, 6) is 3.07. The minimum Gasteiger partial charge on any atom is -0.489 e. The second kappa shape index (κ2) is 56.3. The summed E-state index contributed by atoms with van der Waals surface area (Å²) in [6.07, 6.45) is 53.8. The second-order valence-electron chi connectivity index (χ2n) is 24.6. The van der Waals surface area contributed by atoms with Crippen LogP contribution in [0.4, 0.5) is 0 Å². The first-order valence-electron chi connectivity index (χ1n) is 36.8. The van der Waals surface area contributed by atoms with Gasteiger partial charge in [-0.05, 0) is 51.4 Å². The predicted octanol–water partition coefficient (Wildman–Crippen LogP) is 24.5. The molecule has 9 heteroatoms. The number of benzene rings is 2. The number of ether oxygens (including phenoxy) is 8. The lowest BCUT2D eigenvalue weighted by atomic mass is 9.97. The van der Waals surface area contributed by atoms with Gasteiger partial charge in [0.15, 0.2) is 23.0 Å². The fourth-order valence-electron chi connectivity index (χ4n) is 11.2. The summed E-state index contributed by atoms with van der Waals surface area (Å²) < 4.78 is 57.4. The van der Waals surface area contributed by atoms with Crippen molar-refractivity contribution in [3.8, 4) is 40.2 Å². The van der Waals surface area contributed by atoms with Gasteiger partial charge in [0.05, 0.1) is 63.6 Å². The van der Waals surface area contributed by atoms with Crippen molar-refractivity contribution in [2.45, 2.75) is 364 Å². The summed E-state index contributed by atoms with van der Waals surface area (Å²) in [5.41, 5.74) is 0.320. The molecule has 0 fully saturated rings. The highest BCUT2D eigenvalue weighted by molar-refractivity contribution is 6.16. The molecule has 2 aromatic carbocycles. The lowest BCUT2D eigenvalue weighted by molar-refractivity contribution is 0.0494. The normalized spacial score (nSPS) is 11.4. The van der Waals surface area contributed by atoms with E-state index >= 15 is 4.79 Å². The number of rotatable bonds is 64. The molecule has 0 radical (unpaired) electrons. The van der Waals surface area contributed by atoms with E-state index < -0.39 is 5.97 Å². The average Bonchev–Trinajstić information content (AvgIpc) is 1.21. The van der Waals surface area contributed by atoms with Crippen molar-refractivity contribution in [1.82, 2.24) is 0 Å². The third-order valence-electron chi connectivity index (χ3n) is 16.6. The van der Waals surface area contributed by atoms with Crippen molar-refractivity contribution < 1.29 is 42.7 Å². The first kappa shape index (κ1) is 76.9. The van der Waals surface area contributed by atoms with E-state index in [4.69, 9.17) is 37.9 Å². The van der Waals surface area contributed by atoms with E-state index in [2.05, 4.69) is 55.4 Å². The maximum absolute atomic E-state index is 15.8. The van der Waals surface area contributed by atoms with Crippen LogP contribution in [0, 0.1) is 0 Å². The van der Waals surface area contributed by atoms with Gasteiger partial charge in [0.2, 0.25) is 17.2 Å². The largest absolute Gasteiger partial charge is 0.489 e. The number of carbonyl (C=O) groups is 1. The van der Waals surface area contributed by atoms with Gasteiger partial charge in [-0.2, -0.15) is 0 Å². The molecule has 0 aliphatic rings. The molecule has 490 valence electrons. The zero-order valence-corrected chi connectivity index (χ0v) is 56.8. The van der Waals surface area contributed by atoms with Gasteiger partial charge in [0, 0.05) is 0 Å². The van der Waals surface area contributed by atoms with E-state index in [1.165, 1.54) is 167 Å². The molecule has 0 amide bonds. The van der Waals surface area contributed by atoms with E-state index in [-0.39, 0.29) is 0 Å². The topological polar surface area (TPSA) is 90.9 Å². The summed E-state index contributed by atoms with van der Waals surface area (Å²) in [6, 6.07) is 0. The standard InChI is InChI=1S/C75H136O9/c1-9-17-25-33-41-49-57-77-68-65-66(70(79-59-51-43-35-27-19-11-3)74(83-63-55-47-39-31-23-15-7)73(68)82-62-54-46-38-30-22-14-6)69(78-58-50-42-34-26-18-10-2)72(81-61-53-45-37-29-21-13-5)71(80-60-52-44-36-28-20-12-4)67(65)75(76)84-64-56-48-40-32-24-16-8/h9-64H2,1-8H3. The summed E-state index contributed by atoms with van der Waals surface area (Å²) in [5, 5.41) is 1.21. The minimum absolute atomic E-state index is 0.309. The molecule has 9 nitrogen and oxygen atoms in total. The van der Waals surface area contributed by atoms with Crippen LogP contribution in [-0.4, -0.2) is 58.8 Å². The number of carbonyl (C=O) groups excluding carboxylic acids is 1. The van der Waals surface area contributed by atoms with Crippen LogP contribution in [0.5, 0.6) is 40.2 Å². The lowest BCUT2D eigenvalue weighted by Gasteiger charge is -2.28. The molecule has 0 saturated heterocycles. The Labute approximate surface area is 519 Å². The molecule has 0 heterocycles. The summed E-state index contributed by atoms with van der Waals surface area (Å²) in [4.78, 5) is 15.8. The summed E-state index contributed by atoms with van der Waals surface area (Å²) >= 11 is 0. The first-order valence-corrected chi connectivity index (χ1v) is 36.8. The minimum atomic E-state index is -0.438. The van der Waals surface area contributed by atoms with Gasteiger partial charge in [0.25, 0.3) is 0 Å². The number of hydrogen-bond donors (Lipinski definition) is 0. The Kier molecular flexibility index (Phi) is 51.5. The molecule has 0 aliphatic carbocycles. The van der Waals surface area contributed by atoms with Crippen molar-refractivity contribution >= 4 is 16.7 Å². The molecule has 0 unspecified atom stereocenters. The molecule has 0 N–H and O–H groups in total. The van der Waals surface area contributed by atoms with Gasteiger partial charge in [-0.3, -0.25) is 0 Å². The maximum Gasteiger partial charge on any atom is 0.342 e. The van der Waals surface area contributed by atoms with Gasteiger partial charge in [0.1, 0.15) is 5.56 Å². The van der Waals surface area contributed by atoms with E-state index in [1.54, 1.807) is 0 Å². The van der Waals surface area contributed by atoms with Crippen molar-refractivity contribution in [3.63, 3.8) is 0 Å². The van der Waals surface area contributed by atoms with E-state index in [1.807, 2.05) is 0 Å². The fraction of sp³-hybridized carbons (Fsp3) is 0.853. The molecule has 0 bridgehead atoms. The smallest absolute Gasteiger partial charge is 0.342 e. The Morgan fingerprint density at radius 2 is 0.381 bits per heavy atom. The summed E-state index contributed by atoms with van der Waals surface area (Å²) in [7, 11) is 0. The van der Waals surface area contributed by atoms with Gasteiger partial charge in [-0.1, -0.05) is 312 Å². The van der Waals surface area contributed by atoms with Gasteiger partial charge < -0.3 is 37.9 Å². The van der Waals surface area contributed by atoms with Crippen LogP contribution >= 0.6 is 0 Å². The predicted molar refractivity (Wildman–Crippen MR) is 360 cm³/mol. The van der Waals surface area contributed by atoms with Gasteiger partial charge in [-0.15, -0.1) is 0 Å². The number of fused-ring (bicyclic) bond motifs is 1. The maximum atomic E-state index is 15.8. The van der Waals surface area contributed by atoms with E-state index in [0.717, 1.165) is 141 Å². The van der Waals surface area contributed by atoms with Crippen LogP contribution in [0.1, 0.15) is 374 Å². The average molecular weight is 1180 g/mol. The highest BCUT2D eigenvalue weighted by Crippen LogP contribution is 2.60. The second-order valence-corrected chi connectivity index (χ2v) is 24.6. The molecule has 84 heavy (non-hydrogen) atoms. The molecule has 0 atom stereocenters. The van der Waals surface area contributed by atoms with Crippen molar-refractivity contribution in [2.24, 2.45) is 0 Å². The van der Waals surface area contributed by atoms with Crippen molar-refractivity contribution in [3.05, 3.63) is 5.56 Å². The molecule has 0 aliphatic heterocycles. The molecule has 0 saturated carbocycles. The Morgan fingerprint density at radius 1 is 0.202 bits per heavy atom. The summed E-state index contributed by atoms with van der Waals surface area (Å²) in [6.45, 7) is 21.7. The van der Waals surface area contributed by atoms with Gasteiger partial charge in [-0.25, -0.2) is 4.79 Å².